The van der Waals surface area contributed by atoms with Gasteiger partial charge in [-0.2, -0.15) is 0 Å². The van der Waals surface area contributed by atoms with Gasteiger partial charge in [0.2, 0.25) is 5.91 Å². The van der Waals surface area contributed by atoms with Gasteiger partial charge in [0, 0.05) is 6.42 Å². The number of hydrogen-bond acceptors (Lipinski definition) is 6. The number of hydrogen-bond donors (Lipinski definition) is 2. The molecule has 0 fully saturated rings. The maximum atomic E-state index is 13.0. The Kier molecular flexibility index (Phi) is 56.4. The van der Waals surface area contributed by atoms with Crippen LogP contribution in [0.1, 0.15) is 348 Å². The SMILES string of the molecule is CCCCCCCCCCCCCC/C=C\CCCCCCCCCCCCCC(=O)NC(COP(=O)([O-])OCC[N+](C)(C)C)C(O)CCCCCCCCCCCCCCCCCCCCCCCCCCC. The molecular weight excluding hydrogens is 936 g/mol. The van der Waals surface area contributed by atoms with Crippen LogP contribution in [0.4, 0.5) is 0 Å². The van der Waals surface area contributed by atoms with Crippen molar-refractivity contribution >= 4 is 13.7 Å². The average Bonchev–Trinajstić information content (AvgIpc) is 3.36. The third kappa shape index (κ3) is 58.9. The van der Waals surface area contributed by atoms with E-state index in [2.05, 4.69) is 31.3 Å². The first-order chi connectivity index (χ1) is 36.0. The molecule has 0 saturated heterocycles. The molecule has 74 heavy (non-hydrogen) atoms. The molecular formula is C65H131N2O6P. The highest BCUT2D eigenvalue weighted by atomic mass is 31.2. The minimum Gasteiger partial charge on any atom is -0.756 e. The molecule has 3 unspecified atom stereocenters. The molecule has 9 heteroatoms. The van der Waals surface area contributed by atoms with Crippen molar-refractivity contribution in [2.75, 3.05) is 40.9 Å². The van der Waals surface area contributed by atoms with Crippen LogP contribution < -0.4 is 10.2 Å². The minimum atomic E-state index is -4.58. The first-order valence-electron chi connectivity index (χ1n) is 33.0. The molecule has 0 bridgehead atoms. The van der Waals surface area contributed by atoms with Crippen LogP contribution in [0.2, 0.25) is 0 Å². The van der Waals surface area contributed by atoms with Crippen molar-refractivity contribution in [1.82, 2.24) is 5.32 Å². The second-order valence-corrected chi connectivity index (χ2v) is 25.6. The number of aliphatic hydroxyl groups excluding tert-OH is 1. The van der Waals surface area contributed by atoms with Crippen molar-refractivity contribution in [3.05, 3.63) is 12.2 Å². The van der Waals surface area contributed by atoms with Crippen LogP contribution in [0.15, 0.2) is 12.2 Å². The van der Waals surface area contributed by atoms with Crippen LogP contribution in [0, 0.1) is 0 Å². The van der Waals surface area contributed by atoms with E-state index in [9.17, 15) is 19.4 Å². The third-order valence-electron chi connectivity index (χ3n) is 15.5. The largest absolute Gasteiger partial charge is 0.756 e. The Morgan fingerprint density at radius 2 is 0.743 bits per heavy atom. The molecule has 2 N–H and O–H groups in total. The maximum Gasteiger partial charge on any atom is 0.268 e. The molecule has 1 amide bonds. The minimum absolute atomic E-state index is 0.0149. The number of phosphoric ester groups is 1. The molecule has 0 heterocycles. The Hall–Kier alpha value is -0.760. The summed E-state index contributed by atoms with van der Waals surface area (Å²) in [5, 5.41) is 14.1. The lowest BCUT2D eigenvalue weighted by Crippen LogP contribution is -2.46. The molecule has 0 saturated carbocycles. The molecule has 442 valence electrons. The molecule has 0 aromatic rings. The lowest BCUT2D eigenvalue weighted by Gasteiger charge is -2.30. The van der Waals surface area contributed by atoms with Crippen molar-refractivity contribution in [3.63, 3.8) is 0 Å². The van der Waals surface area contributed by atoms with Gasteiger partial charge in [0.05, 0.1) is 39.9 Å². The van der Waals surface area contributed by atoms with Gasteiger partial charge in [-0.3, -0.25) is 9.36 Å². The standard InChI is InChI=1S/C65H131N2O6P/c1-6-8-10-12-14-16-18-20-22-24-26-28-30-32-33-35-37-39-41-43-45-47-49-51-53-55-57-59-65(69)66-63(62-73-74(70,71)72-61-60-67(3,4)5)64(68)58-56-54-52-50-48-46-44-42-40-38-36-34-31-29-27-25-23-21-19-17-15-13-11-9-7-2/h32-33,63-64,68H,6-31,34-62H2,1-5H3,(H-,66,69,70,71)/b33-32-. The maximum absolute atomic E-state index is 13.0. The monoisotopic (exact) mass is 1070 g/mol. The summed E-state index contributed by atoms with van der Waals surface area (Å²) in [6.45, 7) is 4.79. The summed E-state index contributed by atoms with van der Waals surface area (Å²) in [5.41, 5.74) is 0. The second kappa shape index (κ2) is 56.9. The van der Waals surface area contributed by atoms with Crippen molar-refractivity contribution in [2.24, 2.45) is 0 Å². The highest BCUT2D eigenvalue weighted by Gasteiger charge is 2.24. The molecule has 3 atom stereocenters. The molecule has 0 rings (SSSR count). The normalized spacial score (nSPS) is 13.8. The number of nitrogens with zero attached hydrogens (tertiary/aromatic N) is 1. The summed E-state index contributed by atoms with van der Waals surface area (Å²) in [4.78, 5) is 25.6. The van der Waals surface area contributed by atoms with E-state index in [0.29, 0.717) is 23.9 Å². The van der Waals surface area contributed by atoms with E-state index in [4.69, 9.17) is 9.05 Å². The Labute approximate surface area is 462 Å². The second-order valence-electron chi connectivity index (χ2n) is 24.2. The lowest BCUT2D eigenvalue weighted by atomic mass is 10.0. The van der Waals surface area contributed by atoms with E-state index in [0.717, 1.165) is 38.5 Å². The number of allylic oxidation sites excluding steroid dienone is 2. The smallest absolute Gasteiger partial charge is 0.268 e. The number of nitrogens with one attached hydrogen (secondary N) is 1. The number of aliphatic hydroxyl groups is 1. The zero-order chi connectivity index (χ0) is 54.2. The van der Waals surface area contributed by atoms with E-state index >= 15 is 0 Å². The van der Waals surface area contributed by atoms with Crippen LogP contribution >= 0.6 is 7.82 Å². The fourth-order valence-electron chi connectivity index (χ4n) is 10.3. The summed E-state index contributed by atoms with van der Waals surface area (Å²) >= 11 is 0. The summed E-state index contributed by atoms with van der Waals surface area (Å²) in [6, 6.07) is -0.800. The highest BCUT2D eigenvalue weighted by Crippen LogP contribution is 2.38. The summed E-state index contributed by atoms with van der Waals surface area (Å²) in [5.74, 6) is -0.158. The van der Waals surface area contributed by atoms with Gasteiger partial charge in [-0.1, -0.05) is 315 Å². The van der Waals surface area contributed by atoms with E-state index in [1.165, 1.54) is 283 Å². The Bertz CT molecular complexity index is 1210. The van der Waals surface area contributed by atoms with Gasteiger partial charge < -0.3 is 28.8 Å². The van der Waals surface area contributed by atoms with E-state index in [1.54, 1.807) is 0 Å². The number of rotatable bonds is 62. The molecule has 0 aliphatic heterocycles. The van der Waals surface area contributed by atoms with Crippen molar-refractivity contribution in [1.29, 1.82) is 0 Å². The predicted octanol–water partition coefficient (Wildman–Crippen LogP) is 19.9. The Morgan fingerprint density at radius 1 is 0.459 bits per heavy atom. The molecule has 8 nitrogen and oxygen atoms in total. The van der Waals surface area contributed by atoms with Gasteiger partial charge in [-0.15, -0.1) is 0 Å². The number of carbonyl (C=O) groups excluding carboxylic acids is 1. The summed E-state index contributed by atoms with van der Waals surface area (Å²) in [7, 11) is 1.32. The zero-order valence-electron chi connectivity index (χ0n) is 50.6. The van der Waals surface area contributed by atoms with Gasteiger partial charge in [0.25, 0.3) is 7.82 Å². The Balaban J connectivity index is 4.05. The van der Waals surface area contributed by atoms with Crippen LogP contribution in [0.3, 0.4) is 0 Å². The topological polar surface area (TPSA) is 108 Å². The molecule has 0 radical (unpaired) electrons. The van der Waals surface area contributed by atoms with Crippen LogP contribution in [0.25, 0.3) is 0 Å². The van der Waals surface area contributed by atoms with Crippen LogP contribution in [0.5, 0.6) is 0 Å². The van der Waals surface area contributed by atoms with Gasteiger partial charge in [-0.05, 0) is 38.5 Å². The molecule has 0 aliphatic rings. The number of likely N-dealkylation sites (N-methyl/N-ethyl adjacent to an activating group) is 1. The van der Waals surface area contributed by atoms with Crippen molar-refractivity contribution in [3.8, 4) is 0 Å². The van der Waals surface area contributed by atoms with Gasteiger partial charge >= 0.3 is 0 Å². The first kappa shape index (κ1) is 73.2. The van der Waals surface area contributed by atoms with E-state index in [-0.39, 0.29) is 19.1 Å². The number of phosphoric acid groups is 1. The first-order valence-corrected chi connectivity index (χ1v) is 34.5. The number of carbonyl (C=O) groups is 1. The fourth-order valence-corrected chi connectivity index (χ4v) is 11.1. The van der Waals surface area contributed by atoms with Gasteiger partial charge in [0.15, 0.2) is 0 Å². The van der Waals surface area contributed by atoms with E-state index in [1.807, 2.05) is 21.1 Å². The summed E-state index contributed by atoms with van der Waals surface area (Å²) < 4.78 is 23.5. The highest BCUT2D eigenvalue weighted by molar-refractivity contribution is 7.45. The number of quaternary nitrogens is 1. The molecule has 0 aromatic carbocycles. The average molecular weight is 1070 g/mol. The molecule has 0 aliphatic carbocycles. The van der Waals surface area contributed by atoms with Gasteiger partial charge in [-0.25, -0.2) is 0 Å². The molecule has 0 spiro atoms. The van der Waals surface area contributed by atoms with Crippen molar-refractivity contribution in [2.45, 2.75) is 360 Å². The fraction of sp³-hybridized carbons (Fsp3) is 0.954. The van der Waals surface area contributed by atoms with Crippen LogP contribution in [-0.4, -0.2) is 68.5 Å². The van der Waals surface area contributed by atoms with Crippen molar-refractivity contribution < 1.29 is 32.9 Å². The third-order valence-corrected chi connectivity index (χ3v) is 16.5. The zero-order valence-corrected chi connectivity index (χ0v) is 51.5. The van der Waals surface area contributed by atoms with Crippen LogP contribution in [-0.2, 0) is 18.4 Å². The predicted molar refractivity (Wildman–Crippen MR) is 321 cm³/mol. The summed E-state index contributed by atoms with van der Waals surface area (Å²) in [6.07, 6.45) is 71.3. The lowest BCUT2D eigenvalue weighted by molar-refractivity contribution is -0.870. The molecule has 0 aromatic heterocycles. The Morgan fingerprint density at radius 3 is 1.05 bits per heavy atom. The van der Waals surface area contributed by atoms with Gasteiger partial charge in [0.1, 0.15) is 13.2 Å². The number of amides is 1. The van der Waals surface area contributed by atoms with E-state index < -0.39 is 20.0 Å². The quantitative estimate of drug-likeness (QED) is 0.0272. The number of unbranched alkanes of at least 4 members (excludes halogenated alkanes) is 47.